The number of ether oxygens (including phenoxy) is 2. The quantitative estimate of drug-likeness (QED) is 0.691. The molecule has 6 heteroatoms. The smallest absolute Gasteiger partial charge is 0.129 e. The number of nitrogens with zero attached hydrogens (tertiary/aromatic N) is 1. The Hall–Kier alpha value is -1.21. The Bertz CT molecular complexity index is 454. The molecule has 0 aliphatic carbocycles. The van der Waals surface area contributed by atoms with Gasteiger partial charge in [-0.25, -0.2) is 0 Å². The van der Waals surface area contributed by atoms with E-state index in [1.54, 1.807) is 14.2 Å². The Kier molecular flexibility index (Phi) is 6.87. The van der Waals surface area contributed by atoms with Crippen molar-refractivity contribution in [1.29, 1.82) is 0 Å². The number of aliphatic hydroxyl groups is 1. The zero-order valence-electron chi connectivity index (χ0n) is 12.1. The normalized spacial score (nSPS) is 12.4. The van der Waals surface area contributed by atoms with Crippen molar-refractivity contribution in [2.45, 2.75) is 12.6 Å². The van der Waals surface area contributed by atoms with Gasteiger partial charge in [0.15, 0.2) is 0 Å². The lowest BCUT2D eigenvalue weighted by Gasteiger charge is -2.20. The second kappa shape index (κ2) is 8.16. The van der Waals surface area contributed by atoms with Gasteiger partial charge in [-0.2, -0.15) is 0 Å². The molecule has 112 valence electrons. The molecule has 0 bridgehead atoms. The molecule has 0 saturated heterocycles. The van der Waals surface area contributed by atoms with Crippen molar-refractivity contribution in [3.05, 3.63) is 29.3 Å². The third-order valence-electron chi connectivity index (χ3n) is 2.87. The number of hydrogen-bond acceptors (Lipinski definition) is 5. The first-order valence-electron chi connectivity index (χ1n) is 6.30. The Morgan fingerprint density at radius 1 is 1.45 bits per heavy atom. The van der Waals surface area contributed by atoms with Gasteiger partial charge in [-0.05, 0) is 24.7 Å². The lowest BCUT2D eigenvalue weighted by atomic mass is 10.1. The van der Waals surface area contributed by atoms with Crippen LogP contribution in [0.5, 0.6) is 5.75 Å². The van der Waals surface area contributed by atoms with Gasteiger partial charge < -0.3 is 20.3 Å². The maximum Gasteiger partial charge on any atom is 0.129 e. The summed E-state index contributed by atoms with van der Waals surface area (Å²) in [5.41, 5.74) is 7.43. The lowest BCUT2D eigenvalue weighted by molar-refractivity contribution is 0.0419. The molecule has 0 saturated carbocycles. The van der Waals surface area contributed by atoms with E-state index in [2.05, 4.69) is 0 Å². The van der Waals surface area contributed by atoms with Gasteiger partial charge in [0.1, 0.15) is 10.7 Å². The molecule has 1 aromatic carbocycles. The molecule has 0 spiro atoms. The van der Waals surface area contributed by atoms with Crippen LogP contribution in [0.1, 0.15) is 11.1 Å². The zero-order chi connectivity index (χ0) is 15.1. The highest BCUT2D eigenvalue weighted by Crippen LogP contribution is 2.21. The molecule has 0 aliphatic heterocycles. The van der Waals surface area contributed by atoms with Gasteiger partial charge in [0.25, 0.3) is 0 Å². The average molecular weight is 298 g/mol. The van der Waals surface area contributed by atoms with E-state index in [-0.39, 0.29) is 0 Å². The van der Waals surface area contributed by atoms with Crippen molar-refractivity contribution in [2.75, 3.05) is 34.4 Å². The van der Waals surface area contributed by atoms with Gasteiger partial charge in [-0.15, -0.1) is 0 Å². The Labute approximate surface area is 125 Å². The summed E-state index contributed by atoms with van der Waals surface area (Å²) in [7, 11) is 5.10. The summed E-state index contributed by atoms with van der Waals surface area (Å²) in [6.07, 6.45) is -0.497. The Morgan fingerprint density at radius 3 is 2.70 bits per heavy atom. The summed E-state index contributed by atoms with van der Waals surface area (Å²) in [6, 6.07) is 5.72. The molecule has 1 unspecified atom stereocenters. The molecule has 5 nitrogen and oxygen atoms in total. The summed E-state index contributed by atoms with van der Waals surface area (Å²) < 4.78 is 10.2. The number of benzene rings is 1. The van der Waals surface area contributed by atoms with E-state index < -0.39 is 6.10 Å². The minimum absolute atomic E-state index is 0.317. The van der Waals surface area contributed by atoms with Gasteiger partial charge in [0.2, 0.25) is 0 Å². The van der Waals surface area contributed by atoms with Crippen molar-refractivity contribution in [3.8, 4) is 5.75 Å². The molecule has 20 heavy (non-hydrogen) atoms. The third-order valence-corrected chi connectivity index (χ3v) is 3.09. The van der Waals surface area contributed by atoms with Crippen molar-refractivity contribution in [2.24, 2.45) is 5.73 Å². The van der Waals surface area contributed by atoms with E-state index in [1.807, 2.05) is 30.1 Å². The number of nitrogens with two attached hydrogens (primary N) is 1. The van der Waals surface area contributed by atoms with Crippen molar-refractivity contribution < 1.29 is 14.6 Å². The Morgan fingerprint density at radius 2 is 2.15 bits per heavy atom. The minimum atomic E-state index is -0.497. The third kappa shape index (κ3) is 5.05. The monoisotopic (exact) mass is 298 g/mol. The largest absolute Gasteiger partial charge is 0.496 e. The summed E-state index contributed by atoms with van der Waals surface area (Å²) in [5, 5.41) is 9.69. The second-order valence-corrected chi connectivity index (χ2v) is 5.14. The molecule has 0 heterocycles. The fourth-order valence-electron chi connectivity index (χ4n) is 2.02. The lowest BCUT2D eigenvalue weighted by Crippen LogP contribution is -2.31. The summed E-state index contributed by atoms with van der Waals surface area (Å²) in [4.78, 5) is 2.33. The van der Waals surface area contributed by atoms with E-state index >= 15 is 0 Å². The van der Waals surface area contributed by atoms with Crippen molar-refractivity contribution in [1.82, 2.24) is 4.90 Å². The first-order chi connectivity index (χ1) is 9.47. The summed E-state index contributed by atoms with van der Waals surface area (Å²) >= 11 is 4.97. The minimum Gasteiger partial charge on any atom is -0.496 e. The molecular formula is C14H22N2O3S. The van der Waals surface area contributed by atoms with Crippen LogP contribution < -0.4 is 10.5 Å². The van der Waals surface area contributed by atoms with Crippen molar-refractivity contribution in [3.63, 3.8) is 0 Å². The molecule has 1 aromatic rings. The first-order valence-corrected chi connectivity index (χ1v) is 6.71. The molecule has 0 aliphatic rings. The highest BCUT2D eigenvalue weighted by Gasteiger charge is 2.11. The number of rotatable bonds is 8. The van der Waals surface area contributed by atoms with Gasteiger partial charge in [-0.3, -0.25) is 4.90 Å². The van der Waals surface area contributed by atoms with Gasteiger partial charge in [0.05, 0.1) is 25.4 Å². The van der Waals surface area contributed by atoms with Crippen LogP contribution in [0.4, 0.5) is 0 Å². The highest BCUT2D eigenvalue weighted by molar-refractivity contribution is 7.80. The first kappa shape index (κ1) is 16.8. The van der Waals surface area contributed by atoms with Crippen LogP contribution in [0.3, 0.4) is 0 Å². The van der Waals surface area contributed by atoms with E-state index in [9.17, 15) is 5.11 Å². The second-order valence-electron chi connectivity index (χ2n) is 4.70. The van der Waals surface area contributed by atoms with Crippen LogP contribution in [0.15, 0.2) is 18.2 Å². The standard InChI is InChI=1S/C14H22N2O3S/c1-16(8-11(17)9-18-2)7-10-4-5-12(14(15)20)13(6-10)19-3/h4-6,11,17H,7-9H2,1-3H3,(H2,15,20). The fraction of sp³-hybridized carbons (Fsp3) is 0.500. The predicted molar refractivity (Wildman–Crippen MR) is 83.1 cm³/mol. The van der Waals surface area contributed by atoms with E-state index in [4.69, 9.17) is 27.4 Å². The molecule has 3 N–H and O–H groups in total. The topological polar surface area (TPSA) is 68.0 Å². The summed E-state index contributed by atoms with van der Waals surface area (Å²) in [5.74, 6) is 0.667. The molecule has 0 fully saturated rings. The van der Waals surface area contributed by atoms with Crippen LogP contribution in [0.25, 0.3) is 0 Å². The number of likely N-dealkylation sites (N-methyl/N-ethyl adjacent to an activating group) is 1. The number of hydrogen-bond donors (Lipinski definition) is 2. The molecular weight excluding hydrogens is 276 g/mol. The van der Waals surface area contributed by atoms with Gasteiger partial charge in [0, 0.05) is 20.2 Å². The number of aliphatic hydroxyl groups excluding tert-OH is 1. The van der Waals surface area contributed by atoms with Crippen LogP contribution in [-0.4, -0.2) is 55.5 Å². The van der Waals surface area contributed by atoms with E-state index in [0.29, 0.717) is 30.4 Å². The van der Waals surface area contributed by atoms with E-state index in [0.717, 1.165) is 11.1 Å². The van der Waals surface area contributed by atoms with Crippen LogP contribution in [0.2, 0.25) is 0 Å². The highest BCUT2D eigenvalue weighted by atomic mass is 32.1. The number of methoxy groups -OCH3 is 2. The van der Waals surface area contributed by atoms with Gasteiger partial charge in [-0.1, -0.05) is 18.3 Å². The van der Waals surface area contributed by atoms with Crippen LogP contribution in [0, 0.1) is 0 Å². The summed E-state index contributed by atoms with van der Waals surface area (Å²) in [6.45, 7) is 1.55. The Balaban J connectivity index is 2.70. The van der Waals surface area contributed by atoms with Gasteiger partial charge >= 0.3 is 0 Å². The molecule has 0 amide bonds. The molecule has 1 rings (SSSR count). The van der Waals surface area contributed by atoms with Crippen molar-refractivity contribution >= 4 is 17.2 Å². The predicted octanol–water partition coefficient (Wildman–Crippen LogP) is 0.768. The maximum atomic E-state index is 9.69. The molecule has 1 atom stereocenters. The fourth-order valence-corrected chi connectivity index (χ4v) is 2.19. The molecule has 0 radical (unpaired) electrons. The number of thiocarbonyl (C=S) groups is 1. The van der Waals surface area contributed by atoms with E-state index in [1.165, 1.54) is 0 Å². The van der Waals surface area contributed by atoms with Crippen LogP contribution in [-0.2, 0) is 11.3 Å². The van der Waals surface area contributed by atoms with Crippen LogP contribution >= 0.6 is 12.2 Å². The zero-order valence-corrected chi connectivity index (χ0v) is 12.9. The molecule has 0 aromatic heterocycles. The average Bonchev–Trinajstić information content (AvgIpc) is 2.38. The maximum absolute atomic E-state index is 9.69. The SMILES string of the molecule is COCC(O)CN(C)Cc1ccc(C(N)=S)c(OC)c1.